The molecule has 0 amide bonds. The first-order valence-electron chi connectivity index (χ1n) is 7.06. The Kier molecular flexibility index (Phi) is 5.35. The largest absolute Gasteiger partial charge is 0.332 e. The fourth-order valence-corrected chi connectivity index (χ4v) is 2.72. The van der Waals surface area contributed by atoms with E-state index < -0.39 is 10.0 Å². The van der Waals surface area contributed by atoms with Crippen molar-refractivity contribution >= 4 is 38.7 Å². The van der Waals surface area contributed by atoms with Crippen LogP contribution in [0.2, 0.25) is 0 Å². The molecule has 0 fully saturated rings. The lowest BCUT2D eigenvalue weighted by Crippen LogP contribution is -2.19. The molecule has 0 radical (unpaired) electrons. The van der Waals surface area contributed by atoms with Crippen molar-refractivity contribution in [3.05, 3.63) is 54.1 Å². The van der Waals surface area contributed by atoms with Gasteiger partial charge >= 0.3 is 0 Å². The second kappa shape index (κ2) is 7.08. The van der Waals surface area contributed by atoms with Crippen molar-refractivity contribution in [2.75, 3.05) is 10.6 Å². The number of anilines is 2. The molecule has 0 aliphatic rings. The zero-order valence-electron chi connectivity index (χ0n) is 12.9. The van der Waals surface area contributed by atoms with E-state index >= 15 is 0 Å². The molecule has 7 heteroatoms. The SMILES string of the molecule is CC(C)c1ccc(NC(=S)Nc2ccc(S(N)(=O)=O)cc2)cc1. The first kappa shape index (κ1) is 17.4. The number of nitrogens with one attached hydrogen (secondary N) is 2. The smallest absolute Gasteiger partial charge is 0.238 e. The Morgan fingerprint density at radius 1 is 0.957 bits per heavy atom. The standard InChI is InChI=1S/C16H19N3O2S2/c1-11(2)12-3-5-13(6-4-12)18-16(22)19-14-7-9-15(10-8-14)23(17,20)21/h3-11H,1-2H3,(H2,17,20,21)(H2,18,19,22). The van der Waals surface area contributed by atoms with Crippen molar-refractivity contribution in [2.45, 2.75) is 24.7 Å². The molecule has 2 aromatic rings. The molecule has 0 heterocycles. The number of rotatable bonds is 4. The second-order valence-electron chi connectivity index (χ2n) is 5.43. The predicted octanol–water partition coefficient (Wildman–Crippen LogP) is 3.27. The van der Waals surface area contributed by atoms with E-state index in [0.29, 0.717) is 16.7 Å². The van der Waals surface area contributed by atoms with Crippen LogP contribution in [0.15, 0.2) is 53.4 Å². The molecule has 23 heavy (non-hydrogen) atoms. The number of benzene rings is 2. The fourth-order valence-electron chi connectivity index (χ4n) is 1.97. The van der Waals surface area contributed by atoms with Crippen LogP contribution in [0.25, 0.3) is 0 Å². The number of hydrogen-bond acceptors (Lipinski definition) is 3. The topological polar surface area (TPSA) is 84.2 Å². The Bertz CT molecular complexity index is 783. The van der Waals surface area contributed by atoms with Gasteiger partial charge in [-0.25, -0.2) is 13.6 Å². The summed E-state index contributed by atoms with van der Waals surface area (Å²) >= 11 is 5.24. The number of nitrogens with two attached hydrogens (primary N) is 1. The van der Waals surface area contributed by atoms with Crippen LogP contribution in [-0.2, 0) is 10.0 Å². The minimum Gasteiger partial charge on any atom is -0.332 e. The number of sulfonamides is 1. The van der Waals surface area contributed by atoms with Crippen LogP contribution < -0.4 is 15.8 Å². The maximum atomic E-state index is 11.2. The zero-order chi connectivity index (χ0) is 17.0. The van der Waals surface area contributed by atoms with Crippen LogP contribution in [0.1, 0.15) is 25.3 Å². The van der Waals surface area contributed by atoms with E-state index in [1.165, 1.54) is 17.7 Å². The lowest BCUT2D eigenvalue weighted by Gasteiger charge is -2.12. The third-order valence-electron chi connectivity index (χ3n) is 3.28. The third-order valence-corrected chi connectivity index (χ3v) is 4.41. The van der Waals surface area contributed by atoms with Gasteiger partial charge in [-0.3, -0.25) is 0 Å². The van der Waals surface area contributed by atoms with Gasteiger partial charge in [0.05, 0.1) is 4.90 Å². The lowest BCUT2D eigenvalue weighted by molar-refractivity contribution is 0.598. The van der Waals surface area contributed by atoms with Gasteiger partial charge in [-0.2, -0.15) is 0 Å². The molecule has 0 aromatic heterocycles. The molecule has 0 aliphatic heterocycles. The molecule has 2 aromatic carbocycles. The summed E-state index contributed by atoms with van der Waals surface area (Å²) in [7, 11) is -3.68. The maximum absolute atomic E-state index is 11.2. The highest BCUT2D eigenvalue weighted by Gasteiger charge is 2.07. The van der Waals surface area contributed by atoms with Crippen LogP contribution in [0.4, 0.5) is 11.4 Å². The summed E-state index contributed by atoms with van der Waals surface area (Å²) in [6.07, 6.45) is 0. The highest BCUT2D eigenvalue weighted by molar-refractivity contribution is 7.89. The first-order chi connectivity index (χ1) is 10.8. The van der Waals surface area contributed by atoms with Crippen molar-refractivity contribution in [1.29, 1.82) is 0 Å². The average Bonchev–Trinajstić information content (AvgIpc) is 2.47. The van der Waals surface area contributed by atoms with Crippen molar-refractivity contribution in [2.24, 2.45) is 5.14 Å². The summed E-state index contributed by atoms with van der Waals surface area (Å²) in [5.74, 6) is 0.478. The first-order valence-corrected chi connectivity index (χ1v) is 9.02. The highest BCUT2D eigenvalue weighted by Crippen LogP contribution is 2.18. The van der Waals surface area contributed by atoms with Gasteiger partial charge < -0.3 is 10.6 Å². The van der Waals surface area contributed by atoms with Gasteiger partial charge in [-0.15, -0.1) is 0 Å². The van der Waals surface area contributed by atoms with E-state index in [9.17, 15) is 8.42 Å². The summed E-state index contributed by atoms with van der Waals surface area (Å²) in [5.41, 5.74) is 2.81. The molecule has 122 valence electrons. The quantitative estimate of drug-likeness (QED) is 0.738. The summed E-state index contributed by atoms with van der Waals surface area (Å²) in [4.78, 5) is 0.0613. The Morgan fingerprint density at radius 3 is 1.78 bits per heavy atom. The van der Waals surface area contributed by atoms with Crippen LogP contribution in [0.3, 0.4) is 0 Å². The third kappa shape index (κ3) is 5.02. The summed E-state index contributed by atoms with van der Waals surface area (Å²) in [5, 5.41) is 11.5. The summed E-state index contributed by atoms with van der Waals surface area (Å²) in [6.45, 7) is 4.28. The number of hydrogen-bond donors (Lipinski definition) is 3. The van der Waals surface area contributed by atoms with E-state index in [0.717, 1.165) is 5.69 Å². The van der Waals surface area contributed by atoms with E-state index in [1.807, 2.05) is 12.1 Å². The number of thiocarbonyl (C=S) groups is 1. The molecule has 5 nitrogen and oxygen atoms in total. The summed E-state index contributed by atoms with van der Waals surface area (Å²) in [6, 6.07) is 14.1. The van der Waals surface area contributed by atoms with Gasteiger partial charge in [-0.1, -0.05) is 26.0 Å². The number of primary sulfonamides is 1. The van der Waals surface area contributed by atoms with Gasteiger partial charge in [0.2, 0.25) is 10.0 Å². The van der Waals surface area contributed by atoms with Gasteiger partial charge in [0.25, 0.3) is 0 Å². The molecule has 0 aliphatic carbocycles. The van der Waals surface area contributed by atoms with E-state index in [4.69, 9.17) is 17.4 Å². The Balaban J connectivity index is 1.99. The van der Waals surface area contributed by atoms with Crippen molar-refractivity contribution < 1.29 is 8.42 Å². The van der Waals surface area contributed by atoms with Crippen molar-refractivity contribution in [3.63, 3.8) is 0 Å². The second-order valence-corrected chi connectivity index (χ2v) is 7.39. The minimum absolute atomic E-state index is 0.0613. The Labute approximate surface area is 142 Å². The van der Waals surface area contributed by atoms with Gasteiger partial charge in [0.1, 0.15) is 0 Å². The van der Waals surface area contributed by atoms with Crippen molar-refractivity contribution in [3.8, 4) is 0 Å². The van der Waals surface area contributed by atoms with E-state index in [2.05, 4.69) is 36.6 Å². The monoisotopic (exact) mass is 349 g/mol. The van der Waals surface area contributed by atoms with Crippen LogP contribution >= 0.6 is 12.2 Å². The van der Waals surface area contributed by atoms with E-state index in [1.54, 1.807) is 12.1 Å². The highest BCUT2D eigenvalue weighted by atomic mass is 32.2. The Hall–Kier alpha value is -1.96. The fraction of sp³-hybridized carbons (Fsp3) is 0.188. The van der Waals surface area contributed by atoms with Gasteiger partial charge in [-0.05, 0) is 60.1 Å². The molecule has 0 saturated heterocycles. The average molecular weight is 349 g/mol. The molecular weight excluding hydrogens is 330 g/mol. The summed E-state index contributed by atoms with van der Waals surface area (Å²) < 4.78 is 22.4. The Morgan fingerprint density at radius 2 is 1.39 bits per heavy atom. The molecule has 0 atom stereocenters. The van der Waals surface area contributed by atoms with E-state index in [-0.39, 0.29) is 4.90 Å². The normalized spacial score (nSPS) is 11.3. The molecule has 4 N–H and O–H groups in total. The zero-order valence-corrected chi connectivity index (χ0v) is 14.5. The molecule has 2 rings (SSSR count). The lowest BCUT2D eigenvalue weighted by atomic mass is 10.0. The van der Waals surface area contributed by atoms with Gasteiger partial charge in [0.15, 0.2) is 5.11 Å². The molecule has 0 saturated carbocycles. The molecule has 0 spiro atoms. The minimum atomic E-state index is -3.68. The molecular formula is C16H19N3O2S2. The molecule has 0 bridgehead atoms. The molecule has 0 unspecified atom stereocenters. The van der Waals surface area contributed by atoms with Crippen molar-refractivity contribution in [1.82, 2.24) is 0 Å². The maximum Gasteiger partial charge on any atom is 0.238 e. The van der Waals surface area contributed by atoms with Crippen LogP contribution in [-0.4, -0.2) is 13.5 Å². The van der Waals surface area contributed by atoms with Crippen LogP contribution in [0, 0.1) is 0 Å². The van der Waals surface area contributed by atoms with Crippen LogP contribution in [0.5, 0.6) is 0 Å². The predicted molar refractivity (Wildman–Crippen MR) is 98.2 cm³/mol. The van der Waals surface area contributed by atoms with Gasteiger partial charge in [0, 0.05) is 11.4 Å².